The number of carbonyl (C=O) groups is 1. The summed E-state index contributed by atoms with van der Waals surface area (Å²) in [5, 5.41) is 8.10. The molecule has 1 N–H and O–H groups in total. The lowest BCUT2D eigenvalue weighted by Crippen LogP contribution is -2.28. The number of alkyl halides is 1. The Kier molecular flexibility index (Phi) is 6.11. The van der Waals surface area contributed by atoms with Crippen molar-refractivity contribution in [3.05, 3.63) is 60.3 Å². The highest BCUT2D eigenvalue weighted by Gasteiger charge is 2.33. The number of benzene rings is 2. The summed E-state index contributed by atoms with van der Waals surface area (Å²) in [5.41, 5.74) is 4.02. The van der Waals surface area contributed by atoms with Crippen LogP contribution in [0.2, 0.25) is 0 Å². The van der Waals surface area contributed by atoms with E-state index in [9.17, 15) is 4.39 Å². The van der Waals surface area contributed by atoms with E-state index >= 15 is 0 Å². The SMILES string of the molecule is CC1(Sc2ccnc3ccc(-c4ccc(CF)cc4)cc23)CCC1.O=CO. The van der Waals surface area contributed by atoms with E-state index < -0.39 is 6.67 Å². The molecule has 1 saturated carbocycles. The fourth-order valence-corrected chi connectivity index (χ4v) is 4.64. The van der Waals surface area contributed by atoms with Gasteiger partial charge in [0.2, 0.25) is 0 Å². The second-order valence-electron chi connectivity index (χ2n) is 6.88. The predicted octanol–water partition coefficient (Wildman–Crippen LogP) is 6.11. The maximum absolute atomic E-state index is 12.7. The molecule has 1 aromatic heterocycles. The van der Waals surface area contributed by atoms with Gasteiger partial charge >= 0.3 is 0 Å². The summed E-state index contributed by atoms with van der Waals surface area (Å²) in [6.07, 6.45) is 5.80. The summed E-state index contributed by atoms with van der Waals surface area (Å²) in [6, 6.07) is 16.2. The first-order valence-corrected chi connectivity index (χ1v) is 9.71. The van der Waals surface area contributed by atoms with Crippen LogP contribution in [0.15, 0.2) is 59.6 Å². The van der Waals surface area contributed by atoms with Gasteiger partial charge in [-0.25, -0.2) is 4.39 Å². The van der Waals surface area contributed by atoms with E-state index in [0.29, 0.717) is 4.75 Å². The number of thioether (sulfide) groups is 1. The number of rotatable bonds is 4. The molecule has 140 valence electrons. The molecular formula is C22H22FNO2S. The second kappa shape index (κ2) is 8.53. The number of aromatic nitrogens is 1. The van der Waals surface area contributed by atoms with Crippen LogP contribution in [0.5, 0.6) is 0 Å². The number of halogens is 1. The molecule has 4 rings (SSSR count). The van der Waals surface area contributed by atoms with Crippen molar-refractivity contribution in [2.75, 3.05) is 0 Å². The van der Waals surface area contributed by atoms with E-state index in [0.717, 1.165) is 22.2 Å². The molecule has 0 unspecified atom stereocenters. The minimum Gasteiger partial charge on any atom is -0.483 e. The first-order chi connectivity index (χ1) is 13.1. The van der Waals surface area contributed by atoms with Crippen LogP contribution in [0.3, 0.4) is 0 Å². The molecular weight excluding hydrogens is 361 g/mol. The van der Waals surface area contributed by atoms with Crippen LogP contribution in [-0.4, -0.2) is 21.3 Å². The van der Waals surface area contributed by atoms with Gasteiger partial charge in [0.1, 0.15) is 6.67 Å². The average Bonchev–Trinajstić information content (AvgIpc) is 2.67. The van der Waals surface area contributed by atoms with Crippen molar-refractivity contribution in [2.24, 2.45) is 0 Å². The van der Waals surface area contributed by atoms with Crippen molar-refractivity contribution >= 4 is 29.1 Å². The molecule has 2 aromatic carbocycles. The molecule has 3 nitrogen and oxygen atoms in total. The van der Waals surface area contributed by atoms with E-state index in [-0.39, 0.29) is 6.47 Å². The number of fused-ring (bicyclic) bond motifs is 1. The Balaban J connectivity index is 0.000000659. The first kappa shape index (κ1) is 19.4. The van der Waals surface area contributed by atoms with Gasteiger partial charge in [-0.05, 0) is 47.7 Å². The highest BCUT2D eigenvalue weighted by molar-refractivity contribution is 8.01. The van der Waals surface area contributed by atoms with Crippen molar-refractivity contribution < 1.29 is 14.3 Å². The van der Waals surface area contributed by atoms with Crippen LogP contribution in [0.25, 0.3) is 22.0 Å². The summed E-state index contributed by atoms with van der Waals surface area (Å²) in [7, 11) is 0. The van der Waals surface area contributed by atoms with Gasteiger partial charge < -0.3 is 5.11 Å². The Labute approximate surface area is 162 Å². The fraction of sp³-hybridized carbons (Fsp3) is 0.273. The van der Waals surface area contributed by atoms with Crippen LogP contribution in [0, 0.1) is 0 Å². The third-order valence-corrected chi connectivity index (χ3v) is 6.39. The molecule has 3 aromatic rings. The third kappa shape index (κ3) is 4.48. The van der Waals surface area contributed by atoms with Crippen molar-refractivity contribution in [1.29, 1.82) is 0 Å². The molecule has 0 amide bonds. The minimum atomic E-state index is -0.415. The Morgan fingerprint density at radius 3 is 2.41 bits per heavy atom. The van der Waals surface area contributed by atoms with Gasteiger partial charge in [-0.2, -0.15) is 0 Å². The maximum Gasteiger partial charge on any atom is 0.290 e. The maximum atomic E-state index is 12.7. The molecule has 1 fully saturated rings. The van der Waals surface area contributed by atoms with E-state index in [4.69, 9.17) is 9.90 Å². The number of nitrogens with zero attached hydrogens (tertiary/aromatic N) is 1. The summed E-state index contributed by atoms with van der Waals surface area (Å²) >= 11 is 1.98. The van der Waals surface area contributed by atoms with Crippen LogP contribution < -0.4 is 0 Å². The molecule has 1 heterocycles. The normalized spacial score (nSPS) is 14.7. The van der Waals surface area contributed by atoms with Crippen molar-refractivity contribution in [2.45, 2.75) is 42.5 Å². The zero-order valence-corrected chi connectivity index (χ0v) is 16.0. The zero-order valence-electron chi connectivity index (χ0n) is 15.2. The Morgan fingerprint density at radius 1 is 1.15 bits per heavy atom. The summed E-state index contributed by atoms with van der Waals surface area (Å²) in [4.78, 5) is 14.2. The number of carboxylic acid groups (broad SMARTS) is 1. The number of hydrogen-bond donors (Lipinski definition) is 1. The molecule has 0 atom stereocenters. The van der Waals surface area contributed by atoms with E-state index in [1.54, 1.807) is 0 Å². The summed E-state index contributed by atoms with van der Waals surface area (Å²) in [6.45, 7) is 1.69. The van der Waals surface area contributed by atoms with Crippen LogP contribution >= 0.6 is 11.8 Å². The van der Waals surface area contributed by atoms with Crippen LogP contribution in [0.4, 0.5) is 4.39 Å². The van der Waals surface area contributed by atoms with Gasteiger partial charge in [0, 0.05) is 21.2 Å². The molecule has 0 aliphatic heterocycles. The monoisotopic (exact) mass is 383 g/mol. The Bertz CT molecular complexity index is 923. The summed E-state index contributed by atoms with van der Waals surface area (Å²) < 4.78 is 13.1. The highest BCUT2D eigenvalue weighted by Crippen LogP contribution is 2.48. The Hall–Kier alpha value is -2.40. The largest absolute Gasteiger partial charge is 0.483 e. The van der Waals surface area contributed by atoms with Crippen molar-refractivity contribution in [3.63, 3.8) is 0 Å². The lowest BCUT2D eigenvalue weighted by molar-refractivity contribution is -0.122. The van der Waals surface area contributed by atoms with Gasteiger partial charge in [0.05, 0.1) is 5.52 Å². The van der Waals surface area contributed by atoms with Gasteiger partial charge in [-0.15, -0.1) is 11.8 Å². The molecule has 1 aliphatic rings. The lowest BCUT2D eigenvalue weighted by Gasteiger charge is -2.37. The minimum absolute atomic E-state index is 0.250. The second-order valence-corrected chi connectivity index (χ2v) is 8.51. The van der Waals surface area contributed by atoms with Crippen LogP contribution in [0.1, 0.15) is 31.7 Å². The molecule has 5 heteroatoms. The number of hydrogen-bond acceptors (Lipinski definition) is 3. The molecule has 27 heavy (non-hydrogen) atoms. The standard InChI is InChI=1S/C21H20FNS.CH2O2/c1-21(10-2-11-21)24-20-9-12-23-19-8-7-17(13-18(19)20)16-5-3-15(14-22)4-6-16;2-1-3/h3-9,12-13H,2,10-11,14H2,1H3;1H,(H,2,3). The highest BCUT2D eigenvalue weighted by atomic mass is 32.2. The van der Waals surface area contributed by atoms with E-state index in [2.05, 4.69) is 36.2 Å². The molecule has 0 radical (unpaired) electrons. The first-order valence-electron chi connectivity index (χ1n) is 8.89. The fourth-order valence-electron chi connectivity index (χ4n) is 3.22. The molecule has 0 spiro atoms. The van der Waals surface area contributed by atoms with Gasteiger partial charge in [0.15, 0.2) is 0 Å². The van der Waals surface area contributed by atoms with Crippen molar-refractivity contribution in [1.82, 2.24) is 4.98 Å². The molecule has 0 bridgehead atoms. The molecule has 1 aliphatic carbocycles. The lowest BCUT2D eigenvalue weighted by atomic mass is 9.86. The predicted molar refractivity (Wildman–Crippen MR) is 109 cm³/mol. The smallest absolute Gasteiger partial charge is 0.290 e. The van der Waals surface area contributed by atoms with Crippen LogP contribution in [-0.2, 0) is 11.5 Å². The van der Waals surface area contributed by atoms with Gasteiger partial charge in [-0.1, -0.05) is 43.7 Å². The average molecular weight is 383 g/mol. The van der Waals surface area contributed by atoms with E-state index in [1.165, 1.54) is 29.5 Å². The van der Waals surface area contributed by atoms with Gasteiger partial charge in [0.25, 0.3) is 6.47 Å². The van der Waals surface area contributed by atoms with Gasteiger partial charge in [-0.3, -0.25) is 9.78 Å². The molecule has 0 saturated heterocycles. The van der Waals surface area contributed by atoms with Crippen molar-refractivity contribution in [3.8, 4) is 11.1 Å². The topological polar surface area (TPSA) is 50.2 Å². The Morgan fingerprint density at radius 2 is 1.81 bits per heavy atom. The third-order valence-electron chi connectivity index (χ3n) is 4.91. The van der Waals surface area contributed by atoms with E-state index in [1.807, 2.05) is 42.2 Å². The number of pyridine rings is 1. The summed E-state index contributed by atoms with van der Waals surface area (Å²) in [5.74, 6) is 0. The zero-order chi connectivity index (χ0) is 19.3. The quantitative estimate of drug-likeness (QED) is 0.553.